The molecule has 2 heterocycles. The van der Waals surface area contributed by atoms with Crippen molar-refractivity contribution < 1.29 is 0 Å². The second-order valence-corrected chi connectivity index (χ2v) is 4.98. The van der Waals surface area contributed by atoms with E-state index in [0.717, 1.165) is 25.3 Å². The summed E-state index contributed by atoms with van der Waals surface area (Å²) < 4.78 is 0. The molecule has 0 saturated carbocycles. The number of pyridine rings is 1. The Morgan fingerprint density at radius 3 is 3.00 bits per heavy atom. The largest absolute Gasteiger partial charge is 0.356 e. The number of rotatable bonds is 1. The van der Waals surface area contributed by atoms with E-state index in [9.17, 15) is 0 Å². The number of hydrogen-bond donors (Lipinski definition) is 0. The highest BCUT2D eigenvalue weighted by atomic mass is 35.5. The van der Waals surface area contributed by atoms with E-state index in [1.807, 2.05) is 12.3 Å². The van der Waals surface area contributed by atoms with Crippen LogP contribution in [0.15, 0.2) is 18.3 Å². The van der Waals surface area contributed by atoms with Crippen LogP contribution in [-0.4, -0.2) is 23.5 Å². The van der Waals surface area contributed by atoms with Crippen LogP contribution in [0.2, 0.25) is 0 Å². The summed E-state index contributed by atoms with van der Waals surface area (Å²) in [6.45, 7) is 6.35. The maximum Gasteiger partial charge on any atom is 0.128 e. The molecule has 2 atom stereocenters. The average Bonchev–Trinajstić information content (AvgIpc) is 2.22. The van der Waals surface area contributed by atoms with E-state index in [-0.39, 0.29) is 0 Å². The summed E-state index contributed by atoms with van der Waals surface area (Å²) in [4.78, 5) is 6.74. The van der Waals surface area contributed by atoms with Crippen molar-refractivity contribution in [3.05, 3.63) is 23.9 Å². The van der Waals surface area contributed by atoms with Gasteiger partial charge in [0.1, 0.15) is 5.82 Å². The lowest BCUT2D eigenvalue weighted by molar-refractivity contribution is 0.452. The molecule has 0 aliphatic carbocycles. The lowest BCUT2D eigenvalue weighted by atomic mass is 9.99. The summed E-state index contributed by atoms with van der Waals surface area (Å²) in [5.41, 5.74) is 1.26. The minimum atomic E-state index is 0.325. The number of aryl methyl sites for hydroxylation is 1. The SMILES string of the molecule is Cc1ccnc(N2CCC(Cl)C(C)C2)c1. The van der Waals surface area contributed by atoms with Gasteiger partial charge in [-0.2, -0.15) is 0 Å². The molecular weight excluding hydrogens is 208 g/mol. The topological polar surface area (TPSA) is 16.1 Å². The van der Waals surface area contributed by atoms with Gasteiger partial charge in [-0.05, 0) is 37.0 Å². The predicted molar refractivity (Wildman–Crippen MR) is 64.6 cm³/mol. The van der Waals surface area contributed by atoms with E-state index >= 15 is 0 Å². The number of piperidine rings is 1. The number of nitrogens with zero attached hydrogens (tertiary/aromatic N) is 2. The molecule has 1 fully saturated rings. The molecule has 0 aromatic carbocycles. The number of alkyl halides is 1. The third kappa shape index (κ3) is 2.43. The van der Waals surface area contributed by atoms with Crippen molar-refractivity contribution in [2.75, 3.05) is 18.0 Å². The first-order valence-electron chi connectivity index (χ1n) is 5.48. The molecule has 1 aromatic rings. The second kappa shape index (κ2) is 4.40. The van der Waals surface area contributed by atoms with Crippen LogP contribution in [-0.2, 0) is 0 Å². The highest BCUT2D eigenvalue weighted by Crippen LogP contribution is 2.25. The summed E-state index contributed by atoms with van der Waals surface area (Å²) in [6.07, 6.45) is 2.93. The van der Waals surface area contributed by atoms with Crippen LogP contribution < -0.4 is 4.90 Å². The van der Waals surface area contributed by atoms with Crippen molar-refractivity contribution in [3.63, 3.8) is 0 Å². The third-order valence-corrected chi connectivity index (χ3v) is 3.67. The Kier molecular flexibility index (Phi) is 3.15. The van der Waals surface area contributed by atoms with Gasteiger partial charge in [0, 0.05) is 24.7 Å². The third-order valence-electron chi connectivity index (χ3n) is 3.03. The first kappa shape index (κ1) is 10.7. The Balaban J connectivity index is 2.12. The Morgan fingerprint density at radius 2 is 2.33 bits per heavy atom. The summed E-state index contributed by atoms with van der Waals surface area (Å²) in [5.74, 6) is 1.63. The molecule has 2 nitrogen and oxygen atoms in total. The van der Waals surface area contributed by atoms with E-state index in [1.54, 1.807) is 0 Å². The zero-order valence-corrected chi connectivity index (χ0v) is 10.0. The Hall–Kier alpha value is -0.760. The minimum Gasteiger partial charge on any atom is -0.356 e. The van der Waals surface area contributed by atoms with Crippen molar-refractivity contribution in [3.8, 4) is 0 Å². The minimum absolute atomic E-state index is 0.325. The number of hydrogen-bond acceptors (Lipinski definition) is 2. The summed E-state index contributed by atoms with van der Waals surface area (Å²) in [5, 5.41) is 0.325. The molecule has 1 aromatic heterocycles. The van der Waals surface area contributed by atoms with Crippen LogP contribution in [0.3, 0.4) is 0 Å². The molecule has 0 bridgehead atoms. The summed E-state index contributed by atoms with van der Waals surface area (Å²) in [6, 6.07) is 4.17. The van der Waals surface area contributed by atoms with Crippen molar-refractivity contribution in [2.24, 2.45) is 5.92 Å². The van der Waals surface area contributed by atoms with Crippen LogP contribution in [0.1, 0.15) is 18.9 Å². The molecule has 0 radical (unpaired) electrons. The fourth-order valence-electron chi connectivity index (χ4n) is 2.02. The van der Waals surface area contributed by atoms with Gasteiger partial charge in [0.2, 0.25) is 0 Å². The van der Waals surface area contributed by atoms with Gasteiger partial charge in [-0.3, -0.25) is 0 Å². The highest BCUT2D eigenvalue weighted by Gasteiger charge is 2.24. The molecule has 3 heteroatoms. The second-order valence-electron chi connectivity index (χ2n) is 4.42. The molecule has 1 aliphatic rings. The van der Waals surface area contributed by atoms with Crippen LogP contribution in [0, 0.1) is 12.8 Å². The van der Waals surface area contributed by atoms with Crippen molar-refractivity contribution in [1.82, 2.24) is 4.98 Å². The molecule has 82 valence electrons. The zero-order valence-electron chi connectivity index (χ0n) is 9.28. The monoisotopic (exact) mass is 224 g/mol. The fraction of sp³-hybridized carbons (Fsp3) is 0.583. The lowest BCUT2D eigenvalue weighted by Gasteiger charge is -2.34. The quantitative estimate of drug-likeness (QED) is 0.682. The van der Waals surface area contributed by atoms with E-state index in [2.05, 4.69) is 29.8 Å². The van der Waals surface area contributed by atoms with Gasteiger partial charge in [0.25, 0.3) is 0 Å². The maximum atomic E-state index is 6.20. The van der Waals surface area contributed by atoms with Crippen molar-refractivity contribution >= 4 is 17.4 Å². The van der Waals surface area contributed by atoms with Gasteiger partial charge in [0.05, 0.1) is 0 Å². The van der Waals surface area contributed by atoms with Gasteiger partial charge < -0.3 is 4.90 Å². The number of anilines is 1. The Morgan fingerprint density at radius 1 is 1.53 bits per heavy atom. The first-order chi connectivity index (χ1) is 7.16. The molecule has 2 unspecified atom stereocenters. The predicted octanol–water partition coefficient (Wildman–Crippen LogP) is 2.84. The van der Waals surface area contributed by atoms with Gasteiger partial charge in [-0.15, -0.1) is 11.6 Å². The fourth-order valence-corrected chi connectivity index (χ4v) is 2.20. The van der Waals surface area contributed by atoms with E-state index in [0.29, 0.717) is 11.3 Å². The van der Waals surface area contributed by atoms with Gasteiger partial charge in [0.15, 0.2) is 0 Å². The number of halogens is 1. The van der Waals surface area contributed by atoms with Gasteiger partial charge >= 0.3 is 0 Å². The number of aromatic nitrogens is 1. The molecule has 0 amide bonds. The molecule has 0 spiro atoms. The molecule has 2 rings (SSSR count). The van der Waals surface area contributed by atoms with E-state index in [1.165, 1.54) is 5.56 Å². The van der Waals surface area contributed by atoms with Crippen LogP contribution in [0.5, 0.6) is 0 Å². The van der Waals surface area contributed by atoms with Crippen molar-refractivity contribution in [1.29, 1.82) is 0 Å². The Bertz CT molecular complexity index is 340. The lowest BCUT2D eigenvalue weighted by Crippen LogP contribution is -2.40. The maximum absolute atomic E-state index is 6.20. The molecule has 1 aliphatic heterocycles. The van der Waals surface area contributed by atoms with Crippen LogP contribution >= 0.6 is 11.6 Å². The smallest absolute Gasteiger partial charge is 0.128 e. The molecule has 0 N–H and O–H groups in total. The van der Waals surface area contributed by atoms with Gasteiger partial charge in [-0.25, -0.2) is 4.98 Å². The zero-order chi connectivity index (χ0) is 10.8. The summed E-state index contributed by atoms with van der Waals surface area (Å²) in [7, 11) is 0. The van der Waals surface area contributed by atoms with Crippen LogP contribution in [0.25, 0.3) is 0 Å². The van der Waals surface area contributed by atoms with E-state index < -0.39 is 0 Å². The average molecular weight is 225 g/mol. The van der Waals surface area contributed by atoms with E-state index in [4.69, 9.17) is 11.6 Å². The standard InChI is InChI=1S/C12H17ClN2/c1-9-3-5-14-12(7-9)15-6-4-11(13)10(2)8-15/h3,5,7,10-11H,4,6,8H2,1-2H3. The first-order valence-corrected chi connectivity index (χ1v) is 5.92. The molecule has 1 saturated heterocycles. The molecular formula is C12H17ClN2. The highest BCUT2D eigenvalue weighted by molar-refractivity contribution is 6.20. The van der Waals surface area contributed by atoms with Gasteiger partial charge in [-0.1, -0.05) is 6.92 Å². The van der Waals surface area contributed by atoms with Crippen molar-refractivity contribution in [2.45, 2.75) is 25.6 Å². The normalized spacial score (nSPS) is 26.7. The Labute approximate surface area is 96.3 Å². The summed E-state index contributed by atoms with van der Waals surface area (Å²) >= 11 is 6.20. The molecule has 15 heavy (non-hydrogen) atoms. The van der Waals surface area contributed by atoms with Crippen LogP contribution in [0.4, 0.5) is 5.82 Å².